The quantitative estimate of drug-likeness (QED) is 0.376. The fraction of sp³-hybridized carbons (Fsp3) is 0.481. The van der Waals surface area contributed by atoms with Gasteiger partial charge < -0.3 is 20.9 Å². The molecule has 2 aromatic rings. The van der Waals surface area contributed by atoms with E-state index in [4.69, 9.17) is 11.6 Å². The first-order chi connectivity index (χ1) is 20.1. The minimum Gasteiger partial charge on any atom is -0.367 e. The van der Waals surface area contributed by atoms with Crippen LogP contribution in [0, 0.1) is 11.6 Å². The maximum atomic E-state index is 15.0. The number of nitrogens with zero attached hydrogens (tertiary/aromatic N) is 2. The molecule has 2 fully saturated rings. The molecule has 236 valence electrons. The van der Waals surface area contributed by atoms with Crippen molar-refractivity contribution >= 4 is 44.6 Å². The van der Waals surface area contributed by atoms with Crippen molar-refractivity contribution in [3.8, 4) is 0 Å². The number of carbonyl (C=O) groups is 2. The van der Waals surface area contributed by atoms with E-state index in [9.17, 15) is 35.6 Å². The first kappa shape index (κ1) is 32.9. The molecule has 9 nitrogen and oxygen atoms in total. The van der Waals surface area contributed by atoms with Crippen LogP contribution in [0.5, 0.6) is 0 Å². The number of nitrogens with one attached hydrogen (secondary N) is 3. The van der Waals surface area contributed by atoms with Gasteiger partial charge in [-0.1, -0.05) is 17.7 Å². The van der Waals surface area contributed by atoms with E-state index in [2.05, 4.69) is 16.0 Å². The third-order valence-corrected chi connectivity index (χ3v) is 9.30. The van der Waals surface area contributed by atoms with Crippen LogP contribution in [0.25, 0.3) is 0 Å². The van der Waals surface area contributed by atoms with Crippen LogP contribution in [0.15, 0.2) is 30.3 Å². The molecule has 2 atom stereocenters. The lowest BCUT2D eigenvalue weighted by molar-refractivity contribution is -0.139. The van der Waals surface area contributed by atoms with E-state index in [1.165, 1.54) is 12.1 Å². The van der Waals surface area contributed by atoms with E-state index >= 15 is 4.39 Å². The summed E-state index contributed by atoms with van der Waals surface area (Å²) in [5, 5.41) is 8.05. The third kappa shape index (κ3) is 8.55. The van der Waals surface area contributed by atoms with Crippen LogP contribution >= 0.6 is 11.6 Å². The Kier molecular flexibility index (Phi) is 10.2. The van der Waals surface area contributed by atoms with E-state index in [1.54, 1.807) is 17.9 Å². The summed E-state index contributed by atoms with van der Waals surface area (Å²) in [6.07, 6.45) is -5.19. The lowest BCUT2D eigenvalue weighted by Gasteiger charge is -2.41. The number of piperazine rings is 1. The molecular formula is C27H31ClF5N5O4S. The Labute approximate surface area is 250 Å². The number of hydrogen-bond acceptors (Lipinski definition) is 7. The number of carbonyl (C=O) groups excluding carboxylic acids is 2. The molecule has 2 heterocycles. The van der Waals surface area contributed by atoms with Crippen molar-refractivity contribution < 1.29 is 40.0 Å². The number of amides is 2. The van der Waals surface area contributed by atoms with Crippen molar-refractivity contribution in [3.05, 3.63) is 58.1 Å². The smallest absolute Gasteiger partial charge is 0.367 e. The van der Waals surface area contributed by atoms with E-state index < -0.39 is 69.8 Å². The Hall–Kier alpha value is -3.01. The largest absolute Gasteiger partial charge is 0.390 e. The molecule has 0 aliphatic carbocycles. The normalized spacial score (nSPS) is 21.0. The fourth-order valence-corrected chi connectivity index (χ4v) is 6.58. The first-order valence-corrected chi connectivity index (χ1v) is 15.7. The van der Waals surface area contributed by atoms with Gasteiger partial charge in [-0.25, -0.2) is 17.2 Å². The van der Waals surface area contributed by atoms with Gasteiger partial charge in [0.1, 0.15) is 6.04 Å². The second-order valence-electron chi connectivity index (χ2n) is 10.6. The second kappa shape index (κ2) is 13.3. The maximum absolute atomic E-state index is 15.0. The average molecular weight is 652 g/mol. The van der Waals surface area contributed by atoms with Gasteiger partial charge in [-0.2, -0.15) is 13.2 Å². The maximum Gasteiger partial charge on any atom is 0.390 e. The lowest BCUT2D eigenvalue weighted by Crippen LogP contribution is -2.53. The van der Waals surface area contributed by atoms with Gasteiger partial charge >= 0.3 is 6.18 Å². The van der Waals surface area contributed by atoms with Crippen LogP contribution in [0.1, 0.15) is 29.3 Å². The zero-order valence-corrected chi connectivity index (χ0v) is 24.7. The van der Waals surface area contributed by atoms with Gasteiger partial charge in [0.2, 0.25) is 5.91 Å². The molecular weight excluding hydrogens is 621 g/mol. The van der Waals surface area contributed by atoms with E-state index in [0.29, 0.717) is 30.3 Å². The van der Waals surface area contributed by atoms with Crippen molar-refractivity contribution in [1.29, 1.82) is 0 Å². The Morgan fingerprint density at radius 2 is 1.86 bits per heavy atom. The summed E-state index contributed by atoms with van der Waals surface area (Å²) >= 11 is 6.19. The predicted octanol–water partition coefficient (Wildman–Crippen LogP) is 3.34. The highest BCUT2D eigenvalue weighted by molar-refractivity contribution is 7.91. The lowest BCUT2D eigenvalue weighted by atomic mass is 10.1. The topological polar surface area (TPSA) is 111 Å². The number of halogens is 6. The van der Waals surface area contributed by atoms with Gasteiger partial charge in [0.25, 0.3) is 5.91 Å². The molecule has 0 radical (unpaired) electrons. The molecule has 0 saturated carbocycles. The number of rotatable bonds is 8. The summed E-state index contributed by atoms with van der Waals surface area (Å²) in [4.78, 5) is 29.0. The molecule has 3 N–H and O–H groups in total. The minimum atomic E-state index is -4.26. The summed E-state index contributed by atoms with van der Waals surface area (Å²) in [5.41, 5.74) is -0.123. The minimum absolute atomic E-state index is 0.0970. The predicted molar refractivity (Wildman–Crippen MR) is 152 cm³/mol. The standard InChI is InChI=1S/C27H31ClF5N5O4S/c1-16-14-38(10-9-37(16)8-6-27(31,32)33)22-12-18(28)3-5-20(22)36-25(39)19-4-2-17(23(29)24(19)30)13-35-26(40)21-15-43(41,42)11-7-34-21/h2-5,12,16,21,34H,6-11,13-15H2,1H3,(H,35,40)(H,36,39)/t16-,21-/m1/s1. The zero-order valence-electron chi connectivity index (χ0n) is 23.1. The fourth-order valence-electron chi connectivity index (χ4n) is 5.04. The van der Waals surface area contributed by atoms with E-state index in [1.807, 2.05) is 4.90 Å². The molecule has 2 saturated heterocycles. The molecule has 0 unspecified atom stereocenters. The van der Waals surface area contributed by atoms with Gasteiger partial charge in [0.15, 0.2) is 21.5 Å². The van der Waals surface area contributed by atoms with Crippen LogP contribution in [0.3, 0.4) is 0 Å². The highest BCUT2D eigenvalue weighted by Gasteiger charge is 2.32. The van der Waals surface area contributed by atoms with E-state index in [0.717, 1.165) is 12.1 Å². The van der Waals surface area contributed by atoms with Crippen molar-refractivity contribution in [2.45, 2.75) is 38.1 Å². The van der Waals surface area contributed by atoms with E-state index in [-0.39, 0.29) is 36.1 Å². The highest BCUT2D eigenvalue weighted by Crippen LogP contribution is 2.32. The summed E-state index contributed by atoms with van der Waals surface area (Å²) < 4.78 is 91.5. The molecule has 2 aliphatic rings. The number of anilines is 2. The number of alkyl halides is 3. The summed E-state index contributed by atoms with van der Waals surface area (Å²) in [6.45, 7) is 2.34. The van der Waals surface area contributed by atoms with Gasteiger partial charge in [0.05, 0.1) is 34.9 Å². The number of hydrogen-bond donors (Lipinski definition) is 3. The monoisotopic (exact) mass is 651 g/mol. The molecule has 16 heteroatoms. The molecule has 2 aromatic carbocycles. The van der Waals surface area contributed by atoms with Gasteiger partial charge in [-0.05, 0) is 31.2 Å². The molecule has 4 rings (SSSR count). The molecule has 2 amide bonds. The molecule has 2 aliphatic heterocycles. The SMILES string of the molecule is C[C@@H]1CN(c2cc(Cl)ccc2NC(=O)c2ccc(CNC(=O)[C@H]3CS(=O)(=O)CCN3)c(F)c2F)CCN1CCC(F)(F)F. The van der Waals surface area contributed by atoms with Crippen LogP contribution in [-0.2, 0) is 21.2 Å². The summed E-state index contributed by atoms with van der Waals surface area (Å²) in [7, 11) is -3.39. The third-order valence-electron chi connectivity index (χ3n) is 7.40. The molecule has 0 bridgehead atoms. The van der Waals surface area contributed by atoms with Gasteiger partial charge in [0, 0.05) is 55.9 Å². The highest BCUT2D eigenvalue weighted by atomic mass is 35.5. The summed E-state index contributed by atoms with van der Waals surface area (Å²) in [6, 6.07) is 5.52. The van der Waals surface area contributed by atoms with Crippen LogP contribution in [0.4, 0.5) is 33.3 Å². The van der Waals surface area contributed by atoms with Crippen LogP contribution in [-0.4, -0.2) is 87.6 Å². The van der Waals surface area contributed by atoms with Crippen LogP contribution < -0.4 is 20.9 Å². The Bertz CT molecular complexity index is 1480. The van der Waals surface area contributed by atoms with Gasteiger partial charge in [-0.15, -0.1) is 0 Å². The Balaban J connectivity index is 1.43. The summed E-state index contributed by atoms with van der Waals surface area (Å²) in [5.74, 6) is -4.94. The zero-order chi connectivity index (χ0) is 31.5. The number of benzene rings is 2. The molecule has 0 spiro atoms. The molecule has 0 aromatic heterocycles. The molecule has 43 heavy (non-hydrogen) atoms. The van der Waals surface area contributed by atoms with Crippen molar-refractivity contribution in [2.24, 2.45) is 0 Å². The second-order valence-corrected chi connectivity index (χ2v) is 13.2. The number of sulfone groups is 1. The van der Waals surface area contributed by atoms with Crippen molar-refractivity contribution in [3.63, 3.8) is 0 Å². The Morgan fingerprint density at radius 1 is 1.12 bits per heavy atom. The van der Waals surface area contributed by atoms with Gasteiger partial charge in [-0.3, -0.25) is 14.5 Å². The van der Waals surface area contributed by atoms with Crippen LogP contribution in [0.2, 0.25) is 5.02 Å². The first-order valence-electron chi connectivity index (χ1n) is 13.5. The Morgan fingerprint density at radius 3 is 2.53 bits per heavy atom. The van der Waals surface area contributed by atoms with Crippen molar-refractivity contribution in [1.82, 2.24) is 15.5 Å². The van der Waals surface area contributed by atoms with Crippen molar-refractivity contribution in [2.75, 3.05) is 54.4 Å². The average Bonchev–Trinajstić information content (AvgIpc) is 2.92.